The smallest absolute Gasteiger partial charge is 0.410 e. The highest BCUT2D eigenvalue weighted by molar-refractivity contribution is 5.68. The Morgan fingerprint density at radius 1 is 1.22 bits per heavy atom. The fraction of sp³-hybridized carbons (Fsp3) is 0.696. The molecule has 0 aromatic heterocycles. The summed E-state index contributed by atoms with van der Waals surface area (Å²) in [5, 5.41) is 0. The first-order valence-corrected chi connectivity index (χ1v) is 10.3. The first kappa shape index (κ1) is 21.6. The van der Waals surface area contributed by atoms with Crippen LogP contribution in [0.1, 0.15) is 65.7 Å². The Kier molecular flexibility index (Phi) is 7.19. The topological polar surface area (TPSA) is 32.8 Å². The van der Waals surface area contributed by atoms with Gasteiger partial charge in [0, 0.05) is 32.0 Å². The van der Waals surface area contributed by atoms with Crippen molar-refractivity contribution < 1.29 is 9.53 Å². The maximum absolute atomic E-state index is 12.3. The van der Waals surface area contributed by atoms with Crippen molar-refractivity contribution in [1.82, 2.24) is 9.80 Å². The van der Waals surface area contributed by atoms with Gasteiger partial charge in [0.05, 0.1) is 0 Å². The van der Waals surface area contributed by atoms with Crippen LogP contribution in [-0.4, -0.2) is 41.6 Å². The van der Waals surface area contributed by atoms with Crippen LogP contribution in [0.5, 0.6) is 0 Å². The number of nitrogens with zero attached hydrogens (tertiary/aromatic N) is 2. The Morgan fingerprint density at radius 2 is 1.81 bits per heavy atom. The monoisotopic (exact) mass is 374 g/mol. The SMILES string of the molecule is C=C/C=C\N(C)C(=C)CC1CCC2(CC1)CCN(C(=O)OC(C)(C)C)CC2. The molecule has 0 aromatic rings. The van der Waals surface area contributed by atoms with Crippen molar-refractivity contribution in [2.24, 2.45) is 11.3 Å². The summed E-state index contributed by atoms with van der Waals surface area (Å²) >= 11 is 0. The molecule has 1 amide bonds. The van der Waals surface area contributed by atoms with Crippen LogP contribution in [0.2, 0.25) is 0 Å². The van der Waals surface area contributed by atoms with Gasteiger partial charge >= 0.3 is 6.09 Å². The maximum Gasteiger partial charge on any atom is 0.410 e. The van der Waals surface area contributed by atoms with E-state index in [-0.39, 0.29) is 6.09 Å². The summed E-state index contributed by atoms with van der Waals surface area (Å²) in [6.07, 6.45) is 14.0. The molecule has 152 valence electrons. The summed E-state index contributed by atoms with van der Waals surface area (Å²) in [5.74, 6) is 0.728. The number of amides is 1. The summed E-state index contributed by atoms with van der Waals surface area (Å²) in [7, 11) is 2.05. The molecule has 0 radical (unpaired) electrons. The van der Waals surface area contributed by atoms with Crippen molar-refractivity contribution in [2.75, 3.05) is 20.1 Å². The van der Waals surface area contributed by atoms with Gasteiger partial charge in [-0.15, -0.1) is 0 Å². The lowest BCUT2D eigenvalue weighted by molar-refractivity contribution is 0.00131. The van der Waals surface area contributed by atoms with Gasteiger partial charge in [-0.25, -0.2) is 4.79 Å². The van der Waals surface area contributed by atoms with Crippen LogP contribution in [0.15, 0.2) is 37.2 Å². The van der Waals surface area contributed by atoms with Crippen LogP contribution in [0.3, 0.4) is 0 Å². The summed E-state index contributed by atoms with van der Waals surface area (Å²) in [6.45, 7) is 15.4. The zero-order valence-electron chi connectivity index (χ0n) is 17.8. The van der Waals surface area contributed by atoms with E-state index in [0.29, 0.717) is 5.41 Å². The highest BCUT2D eigenvalue weighted by Gasteiger charge is 2.39. The molecule has 2 rings (SSSR count). The van der Waals surface area contributed by atoms with E-state index in [9.17, 15) is 4.79 Å². The quantitative estimate of drug-likeness (QED) is 0.576. The van der Waals surface area contributed by atoms with Crippen molar-refractivity contribution >= 4 is 6.09 Å². The van der Waals surface area contributed by atoms with Gasteiger partial charge in [0.25, 0.3) is 0 Å². The third kappa shape index (κ3) is 6.44. The van der Waals surface area contributed by atoms with Gasteiger partial charge in [-0.1, -0.05) is 19.2 Å². The minimum absolute atomic E-state index is 0.155. The van der Waals surface area contributed by atoms with Crippen LogP contribution >= 0.6 is 0 Å². The Morgan fingerprint density at radius 3 is 2.33 bits per heavy atom. The van der Waals surface area contributed by atoms with Crippen LogP contribution in [-0.2, 0) is 4.74 Å². The normalized spacial score (nSPS) is 20.7. The van der Waals surface area contributed by atoms with Gasteiger partial charge in [-0.3, -0.25) is 0 Å². The highest BCUT2D eigenvalue weighted by atomic mass is 16.6. The van der Waals surface area contributed by atoms with Crippen LogP contribution < -0.4 is 0 Å². The molecule has 4 nitrogen and oxygen atoms in total. The molecule has 2 aliphatic rings. The van der Waals surface area contributed by atoms with Crippen LogP contribution in [0.4, 0.5) is 4.79 Å². The van der Waals surface area contributed by atoms with Crippen molar-refractivity contribution in [3.8, 4) is 0 Å². The highest BCUT2D eigenvalue weighted by Crippen LogP contribution is 2.47. The van der Waals surface area contributed by atoms with E-state index >= 15 is 0 Å². The van der Waals surface area contributed by atoms with E-state index in [4.69, 9.17) is 4.74 Å². The van der Waals surface area contributed by atoms with E-state index in [1.54, 1.807) is 6.08 Å². The van der Waals surface area contributed by atoms with E-state index < -0.39 is 5.60 Å². The number of likely N-dealkylation sites (tertiary alicyclic amines) is 1. The van der Waals surface area contributed by atoms with E-state index in [1.165, 1.54) is 31.4 Å². The molecule has 1 spiro atoms. The standard InChI is InChI=1S/C23H38N2O2/c1-7-8-15-24(6)19(2)18-20-9-11-23(12-10-20)13-16-25(17-14-23)21(26)27-22(3,4)5/h7-8,15,20H,1-2,9-14,16-18H2,3-6H3/b15-8-. The lowest BCUT2D eigenvalue weighted by atomic mass is 9.65. The number of piperidine rings is 1. The second-order valence-corrected chi connectivity index (χ2v) is 9.37. The number of hydrogen-bond acceptors (Lipinski definition) is 3. The first-order chi connectivity index (χ1) is 12.6. The largest absolute Gasteiger partial charge is 0.444 e. The number of carbonyl (C=O) groups excluding carboxylic acids is 1. The lowest BCUT2D eigenvalue weighted by Crippen LogP contribution is -2.46. The van der Waals surface area contributed by atoms with Crippen molar-refractivity contribution in [3.63, 3.8) is 0 Å². The molecule has 0 aromatic carbocycles. The average Bonchev–Trinajstić information content (AvgIpc) is 2.61. The predicted octanol–water partition coefficient (Wildman–Crippen LogP) is 5.73. The maximum atomic E-state index is 12.3. The number of allylic oxidation sites excluding steroid dienone is 3. The molecule has 27 heavy (non-hydrogen) atoms. The molecule has 1 aliphatic heterocycles. The van der Waals surface area contributed by atoms with Gasteiger partial charge in [0.1, 0.15) is 5.60 Å². The lowest BCUT2D eigenvalue weighted by Gasteiger charge is -2.46. The molecular formula is C23H38N2O2. The number of ether oxygens (including phenoxy) is 1. The third-order valence-electron chi connectivity index (χ3n) is 6.11. The Labute approximate surface area is 165 Å². The van der Waals surface area contributed by atoms with Gasteiger partial charge < -0.3 is 14.5 Å². The van der Waals surface area contributed by atoms with E-state index in [2.05, 4.69) is 25.1 Å². The second-order valence-electron chi connectivity index (χ2n) is 9.37. The summed E-state index contributed by atoms with van der Waals surface area (Å²) < 4.78 is 5.53. The number of rotatable bonds is 5. The molecule has 1 saturated carbocycles. The van der Waals surface area contributed by atoms with Gasteiger partial charge in [-0.05, 0) is 83.1 Å². The molecule has 2 fully saturated rings. The first-order valence-electron chi connectivity index (χ1n) is 10.3. The van der Waals surface area contributed by atoms with Gasteiger partial charge in [0.2, 0.25) is 0 Å². The van der Waals surface area contributed by atoms with E-state index in [1.807, 2.05) is 37.9 Å². The second kappa shape index (κ2) is 8.99. The fourth-order valence-electron chi connectivity index (χ4n) is 4.26. The third-order valence-corrected chi connectivity index (χ3v) is 6.11. The summed E-state index contributed by atoms with van der Waals surface area (Å²) in [5.41, 5.74) is 1.19. The zero-order chi connectivity index (χ0) is 20.1. The average molecular weight is 375 g/mol. The molecule has 0 unspecified atom stereocenters. The molecule has 0 atom stereocenters. The van der Waals surface area contributed by atoms with Crippen molar-refractivity contribution in [1.29, 1.82) is 0 Å². The molecule has 0 bridgehead atoms. The molecular weight excluding hydrogens is 336 g/mol. The molecule has 1 saturated heterocycles. The van der Waals surface area contributed by atoms with E-state index in [0.717, 1.165) is 38.3 Å². The molecule has 4 heteroatoms. The zero-order valence-corrected chi connectivity index (χ0v) is 17.8. The van der Waals surface area contributed by atoms with Crippen LogP contribution in [0, 0.1) is 11.3 Å². The Hall–Kier alpha value is -1.71. The van der Waals surface area contributed by atoms with Gasteiger partial charge in [-0.2, -0.15) is 0 Å². The van der Waals surface area contributed by atoms with Crippen LogP contribution in [0.25, 0.3) is 0 Å². The summed E-state index contributed by atoms with van der Waals surface area (Å²) in [4.78, 5) is 16.3. The Balaban J connectivity index is 1.77. The molecule has 0 N–H and O–H groups in total. The number of hydrogen-bond donors (Lipinski definition) is 0. The number of carbonyl (C=O) groups is 1. The predicted molar refractivity (Wildman–Crippen MR) is 112 cm³/mol. The van der Waals surface area contributed by atoms with Crippen molar-refractivity contribution in [2.45, 2.75) is 71.3 Å². The Bertz CT molecular complexity index is 555. The summed E-state index contributed by atoms with van der Waals surface area (Å²) in [6, 6.07) is 0. The van der Waals surface area contributed by atoms with Gasteiger partial charge in [0.15, 0.2) is 0 Å². The molecule has 1 aliphatic carbocycles. The minimum Gasteiger partial charge on any atom is -0.444 e. The van der Waals surface area contributed by atoms with Crippen molar-refractivity contribution in [3.05, 3.63) is 37.2 Å². The minimum atomic E-state index is -0.416. The molecule has 1 heterocycles. The fourth-order valence-corrected chi connectivity index (χ4v) is 4.26.